The van der Waals surface area contributed by atoms with Gasteiger partial charge >= 0.3 is 0 Å². The third-order valence-corrected chi connectivity index (χ3v) is 3.07. The molecule has 1 unspecified atom stereocenters. The van der Waals surface area contributed by atoms with Gasteiger partial charge in [-0.3, -0.25) is 9.97 Å². The minimum atomic E-state index is 0.0536. The van der Waals surface area contributed by atoms with Gasteiger partial charge in [-0.2, -0.15) is 0 Å². The molecule has 3 nitrogen and oxygen atoms in total. The molecule has 18 heavy (non-hydrogen) atoms. The van der Waals surface area contributed by atoms with E-state index in [-0.39, 0.29) is 6.04 Å². The second-order valence-corrected chi connectivity index (χ2v) is 4.59. The normalized spacial score (nSPS) is 12.4. The van der Waals surface area contributed by atoms with E-state index in [0.29, 0.717) is 5.02 Å². The van der Waals surface area contributed by atoms with Gasteiger partial charge in [0.1, 0.15) is 0 Å². The fourth-order valence-electron chi connectivity index (χ4n) is 1.97. The van der Waals surface area contributed by atoms with Crippen molar-refractivity contribution in [2.75, 3.05) is 6.54 Å². The zero-order valence-electron chi connectivity index (χ0n) is 10.5. The highest BCUT2D eigenvalue weighted by atomic mass is 35.5. The van der Waals surface area contributed by atoms with Crippen molar-refractivity contribution in [1.29, 1.82) is 0 Å². The van der Waals surface area contributed by atoms with Gasteiger partial charge < -0.3 is 5.32 Å². The molecule has 2 aromatic rings. The van der Waals surface area contributed by atoms with Crippen LogP contribution in [0.1, 0.15) is 29.7 Å². The van der Waals surface area contributed by atoms with E-state index in [4.69, 9.17) is 11.6 Å². The first-order chi connectivity index (χ1) is 8.72. The molecule has 2 heterocycles. The van der Waals surface area contributed by atoms with Crippen molar-refractivity contribution < 1.29 is 0 Å². The summed E-state index contributed by atoms with van der Waals surface area (Å²) in [7, 11) is 0. The van der Waals surface area contributed by atoms with Gasteiger partial charge in [0, 0.05) is 24.8 Å². The van der Waals surface area contributed by atoms with Crippen LogP contribution in [-0.4, -0.2) is 16.5 Å². The average molecular weight is 262 g/mol. The summed E-state index contributed by atoms with van der Waals surface area (Å²) in [6.45, 7) is 4.97. The van der Waals surface area contributed by atoms with Crippen LogP contribution in [0.5, 0.6) is 0 Å². The Balaban J connectivity index is 2.43. The van der Waals surface area contributed by atoms with Crippen molar-refractivity contribution in [2.45, 2.75) is 19.9 Å². The fraction of sp³-hybridized carbons (Fsp3) is 0.286. The molecule has 0 spiro atoms. The summed E-state index contributed by atoms with van der Waals surface area (Å²) in [5, 5.41) is 4.10. The maximum Gasteiger partial charge on any atom is 0.0640 e. The van der Waals surface area contributed by atoms with Crippen LogP contribution in [0.4, 0.5) is 0 Å². The van der Waals surface area contributed by atoms with Gasteiger partial charge in [0.2, 0.25) is 0 Å². The van der Waals surface area contributed by atoms with Crippen molar-refractivity contribution in [2.24, 2.45) is 0 Å². The lowest BCUT2D eigenvalue weighted by Gasteiger charge is -2.19. The van der Waals surface area contributed by atoms with Gasteiger partial charge in [-0.25, -0.2) is 0 Å². The van der Waals surface area contributed by atoms with Crippen molar-refractivity contribution in [3.05, 3.63) is 58.6 Å². The van der Waals surface area contributed by atoms with E-state index in [2.05, 4.69) is 28.3 Å². The standard InChI is InChI=1S/C14H16ClN3/c1-3-18-14(11-6-10(2)7-17-8-11)12-4-5-16-9-13(12)15/h4-9,14,18H,3H2,1-2H3. The van der Waals surface area contributed by atoms with Gasteiger partial charge in [-0.1, -0.05) is 24.6 Å². The van der Waals surface area contributed by atoms with Crippen molar-refractivity contribution in [1.82, 2.24) is 15.3 Å². The third kappa shape index (κ3) is 2.86. The second-order valence-electron chi connectivity index (χ2n) is 4.18. The lowest BCUT2D eigenvalue weighted by molar-refractivity contribution is 0.627. The predicted molar refractivity (Wildman–Crippen MR) is 73.7 cm³/mol. The van der Waals surface area contributed by atoms with Gasteiger partial charge in [0.15, 0.2) is 0 Å². The Morgan fingerprint density at radius 2 is 2.11 bits per heavy atom. The molecule has 2 rings (SSSR count). The lowest BCUT2D eigenvalue weighted by atomic mass is 10.00. The molecule has 0 aliphatic rings. The summed E-state index contributed by atoms with van der Waals surface area (Å²) in [5.74, 6) is 0. The number of pyridine rings is 2. The number of aromatic nitrogens is 2. The van der Waals surface area contributed by atoms with Crippen LogP contribution >= 0.6 is 11.6 Å². The van der Waals surface area contributed by atoms with E-state index in [9.17, 15) is 0 Å². The minimum Gasteiger partial charge on any atom is -0.306 e. The molecular formula is C14H16ClN3. The summed E-state index contributed by atoms with van der Waals surface area (Å²) in [4.78, 5) is 8.27. The van der Waals surface area contributed by atoms with E-state index < -0.39 is 0 Å². The Morgan fingerprint density at radius 1 is 1.28 bits per heavy atom. The van der Waals surface area contributed by atoms with E-state index in [1.165, 1.54) is 0 Å². The minimum absolute atomic E-state index is 0.0536. The largest absolute Gasteiger partial charge is 0.306 e. The first-order valence-electron chi connectivity index (χ1n) is 5.96. The highest BCUT2D eigenvalue weighted by molar-refractivity contribution is 6.31. The molecule has 2 aromatic heterocycles. The first-order valence-corrected chi connectivity index (χ1v) is 6.34. The topological polar surface area (TPSA) is 37.8 Å². The summed E-state index contributed by atoms with van der Waals surface area (Å²) in [6, 6.07) is 4.12. The van der Waals surface area contributed by atoms with Gasteiger partial charge in [0.05, 0.1) is 11.1 Å². The highest BCUT2D eigenvalue weighted by Gasteiger charge is 2.16. The third-order valence-electron chi connectivity index (χ3n) is 2.75. The molecule has 0 bridgehead atoms. The summed E-state index contributed by atoms with van der Waals surface area (Å²) in [6.07, 6.45) is 7.15. The fourth-order valence-corrected chi connectivity index (χ4v) is 2.20. The summed E-state index contributed by atoms with van der Waals surface area (Å²) < 4.78 is 0. The molecule has 0 radical (unpaired) electrons. The summed E-state index contributed by atoms with van der Waals surface area (Å²) >= 11 is 6.22. The van der Waals surface area contributed by atoms with Gasteiger partial charge in [0.25, 0.3) is 0 Å². The van der Waals surface area contributed by atoms with Gasteiger partial charge in [-0.05, 0) is 36.2 Å². The Hall–Kier alpha value is -1.45. The van der Waals surface area contributed by atoms with Crippen LogP contribution in [0.15, 0.2) is 36.9 Å². The molecule has 4 heteroatoms. The number of nitrogens with one attached hydrogen (secondary N) is 1. The van der Waals surface area contributed by atoms with Crippen molar-refractivity contribution in [3.8, 4) is 0 Å². The molecule has 1 N–H and O–H groups in total. The number of rotatable bonds is 4. The molecule has 0 amide bonds. The number of halogens is 1. The average Bonchev–Trinajstić information content (AvgIpc) is 2.37. The van der Waals surface area contributed by atoms with E-state index in [1.54, 1.807) is 12.4 Å². The molecule has 94 valence electrons. The van der Waals surface area contributed by atoms with Crippen LogP contribution in [0.25, 0.3) is 0 Å². The maximum absolute atomic E-state index is 6.22. The molecule has 0 fully saturated rings. The Bertz CT molecular complexity index is 528. The van der Waals surface area contributed by atoms with Gasteiger partial charge in [-0.15, -0.1) is 0 Å². The summed E-state index contributed by atoms with van der Waals surface area (Å²) in [5.41, 5.74) is 3.28. The Morgan fingerprint density at radius 3 is 2.78 bits per heavy atom. The smallest absolute Gasteiger partial charge is 0.0640 e. The van der Waals surface area contributed by atoms with Crippen LogP contribution in [0.3, 0.4) is 0 Å². The molecule has 1 atom stereocenters. The van der Waals surface area contributed by atoms with Crippen LogP contribution in [0, 0.1) is 6.92 Å². The number of hydrogen-bond donors (Lipinski definition) is 1. The molecule has 0 aliphatic heterocycles. The highest BCUT2D eigenvalue weighted by Crippen LogP contribution is 2.27. The van der Waals surface area contributed by atoms with Crippen LogP contribution < -0.4 is 5.32 Å². The van der Waals surface area contributed by atoms with Crippen molar-refractivity contribution >= 4 is 11.6 Å². The Labute approximate surface area is 112 Å². The van der Waals surface area contributed by atoms with Crippen LogP contribution in [0.2, 0.25) is 5.02 Å². The molecule has 0 saturated heterocycles. The second kappa shape index (κ2) is 5.94. The molecule has 0 saturated carbocycles. The molecule has 0 aromatic carbocycles. The van der Waals surface area contributed by atoms with E-state index in [1.807, 2.05) is 25.4 Å². The predicted octanol–water partition coefficient (Wildman–Crippen LogP) is 3.14. The quantitative estimate of drug-likeness (QED) is 0.919. The first kappa shape index (κ1) is 13.0. The lowest BCUT2D eigenvalue weighted by Crippen LogP contribution is -2.22. The van der Waals surface area contributed by atoms with E-state index >= 15 is 0 Å². The molecule has 0 aliphatic carbocycles. The Kier molecular flexibility index (Phi) is 4.28. The van der Waals surface area contributed by atoms with Crippen LogP contribution in [-0.2, 0) is 0 Å². The number of aryl methyl sites for hydroxylation is 1. The van der Waals surface area contributed by atoms with E-state index in [0.717, 1.165) is 23.2 Å². The van der Waals surface area contributed by atoms with Crippen molar-refractivity contribution in [3.63, 3.8) is 0 Å². The monoisotopic (exact) mass is 261 g/mol. The zero-order valence-corrected chi connectivity index (χ0v) is 11.3. The molecular weight excluding hydrogens is 246 g/mol. The zero-order chi connectivity index (χ0) is 13.0. The number of hydrogen-bond acceptors (Lipinski definition) is 3. The SMILES string of the molecule is CCNC(c1cncc(C)c1)c1ccncc1Cl. The number of nitrogens with zero attached hydrogens (tertiary/aromatic N) is 2. The maximum atomic E-state index is 6.22.